The second kappa shape index (κ2) is 4.11. The molecule has 0 radical (unpaired) electrons. The summed E-state index contributed by atoms with van der Waals surface area (Å²) >= 11 is 0. The first-order valence-electron chi connectivity index (χ1n) is 4.95. The second-order valence-corrected chi connectivity index (χ2v) is 4.08. The van der Waals surface area contributed by atoms with Gasteiger partial charge in [0.1, 0.15) is 0 Å². The predicted molar refractivity (Wildman–Crippen MR) is 59.3 cm³/mol. The van der Waals surface area contributed by atoms with E-state index in [1.807, 2.05) is 13.8 Å². The molecule has 3 N–H and O–H groups in total. The molecule has 0 unspecified atom stereocenters. The van der Waals surface area contributed by atoms with E-state index in [-0.39, 0.29) is 6.04 Å². The van der Waals surface area contributed by atoms with Crippen molar-refractivity contribution in [3.8, 4) is 0 Å². The highest BCUT2D eigenvalue weighted by Crippen LogP contribution is 2.23. The average Bonchev–Trinajstić information content (AvgIpc) is 2.01. The summed E-state index contributed by atoms with van der Waals surface area (Å²) in [7, 11) is 0. The van der Waals surface area contributed by atoms with E-state index in [2.05, 4.69) is 19.1 Å². The molecule has 1 aromatic carbocycles. The second-order valence-electron chi connectivity index (χ2n) is 4.08. The molecule has 1 aromatic rings. The first-order valence-corrected chi connectivity index (χ1v) is 4.95. The summed E-state index contributed by atoms with van der Waals surface area (Å²) in [6.45, 7) is 7.87. The van der Waals surface area contributed by atoms with Crippen molar-refractivity contribution < 1.29 is 5.11 Å². The Kier molecular flexibility index (Phi) is 3.29. The number of benzene rings is 1. The third kappa shape index (κ3) is 2.14. The molecule has 78 valence electrons. The maximum Gasteiger partial charge on any atom is 0.0704 e. The molecule has 0 heterocycles. The van der Waals surface area contributed by atoms with Crippen LogP contribution in [0.25, 0.3) is 0 Å². The molecule has 0 amide bonds. The van der Waals surface area contributed by atoms with E-state index in [9.17, 15) is 5.11 Å². The van der Waals surface area contributed by atoms with Gasteiger partial charge in [0.2, 0.25) is 0 Å². The van der Waals surface area contributed by atoms with Gasteiger partial charge < -0.3 is 10.8 Å². The minimum atomic E-state index is -0.505. The van der Waals surface area contributed by atoms with Crippen molar-refractivity contribution in [1.29, 1.82) is 0 Å². The van der Waals surface area contributed by atoms with Crippen LogP contribution in [0.3, 0.4) is 0 Å². The molecule has 0 saturated heterocycles. The fourth-order valence-electron chi connectivity index (χ4n) is 1.96. The molecule has 1 rings (SSSR count). The van der Waals surface area contributed by atoms with Gasteiger partial charge in [-0.3, -0.25) is 0 Å². The third-order valence-electron chi connectivity index (χ3n) is 2.59. The number of aliphatic hydroxyl groups is 1. The predicted octanol–water partition coefficient (Wildman–Crippen LogP) is 1.99. The van der Waals surface area contributed by atoms with Crippen molar-refractivity contribution in [3.05, 3.63) is 34.4 Å². The van der Waals surface area contributed by atoms with E-state index in [1.54, 1.807) is 6.92 Å². The van der Waals surface area contributed by atoms with Crippen molar-refractivity contribution in [3.63, 3.8) is 0 Å². The van der Waals surface area contributed by atoms with Crippen LogP contribution in [0.2, 0.25) is 0 Å². The van der Waals surface area contributed by atoms with Crippen molar-refractivity contribution in [2.45, 2.75) is 39.8 Å². The van der Waals surface area contributed by atoms with Gasteiger partial charge in [-0.05, 0) is 44.4 Å². The van der Waals surface area contributed by atoms with Crippen LogP contribution in [0.5, 0.6) is 0 Å². The molecule has 14 heavy (non-hydrogen) atoms. The zero-order valence-corrected chi connectivity index (χ0v) is 9.33. The molecule has 0 bridgehead atoms. The zero-order valence-electron chi connectivity index (χ0n) is 9.33. The van der Waals surface area contributed by atoms with Crippen molar-refractivity contribution in [2.75, 3.05) is 0 Å². The molecule has 2 nitrogen and oxygen atoms in total. The van der Waals surface area contributed by atoms with Gasteiger partial charge >= 0.3 is 0 Å². The van der Waals surface area contributed by atoms with Crippen LogP contribution < -0.4 is 5.73 Å². The van der Waals surface area contributed by atoms with Gasteiger partial charge in [0.15, 0.2) is 0 Å². The fourth-order valence-corrected chi connectivity index (χ4v) is 1.96. The van der Waals surface area contributed by atoms with Crippen LogP contribution >= 0.6 is 0 Å². The quantitative estimate of drug-likeness (QED) is 0.754. The Morgan fingerprint density at radius 2 is 1.57 bits per heavy atom. The summed E-state index contributed by atoms with van der Waals surface area (Å²) in [5, 5.41) is 9.47. The van der Waals surface area contributed by atoms with E-state index in [0.29, 0.717) is 0 Å². The molecule has 2 heteroatoms. The highest BCUT2D eigenvalue weighted by atomic mass is 16.3. The Bertz CT molecular complexity index is 308. The molecule has 0 fully saturated rings. The molecule has 0 aromatic heterocycles. The van der Waals surface area contributed by atoms with Crippen LogP contribution in [0.4, 0.5) is 0 Å². The van der Waals surface area contributed by atoms with Crippen LogP contribution in [0.15, 0.2) is 12.1 Å². The number of hydrogen-bond acceptors (Lipinski definition) is 2. The lowest BCUT2D eigenvalue weighted by Crippen LogP contribution is -2.25. The van der Waals surface area contributed by atoms with E-state index >= 15 is 0 Å². The Balaban J connectivity index is 3.20. The summed E-state index contributed by atoms with van der Waals surface area (Å²) in [5.41, 5.74) is 10.6. The summed E-state index contributed by atoms with van der Waals surface area (Å²) in [6, 6.07) is 3.92. The zero-order chi connectivity index (χ0) is 10.9. The maximum absolute atomic E-state index is 9.47. The summed E-state index contributed by atoms with van der Waals surface area (Å²) < 4.78 is 0. The maximum atomic E-state index is 9.47. The highest BCUT2D eigenvalue weighted by Gasteiger charge is 2.16. The van der Waals surface area contributed by atoms with Crippen molar-refractivity contribution in [2.24, 2.45) is 5.73 Å². The summed E-state index contributed by atoms with van der Waals surface area (Å²) in [6.07, 6.45) is -0.505. The lowest BCUT2D eigenvalue weighted by Gasteiger charge is -2.20. The Hall–Kier alpha value is -0.860. The highest BCUT2D eigenvalue weighted by molar-refractivity contribution is 5.39. The van der Waals surface area contributed by atoms with E-state index in [4.69, 9.17) is 5.73 Å². The molecule has 0 aliphatic heterocycles. The van der Waals surface area contributed by atoms with E-state index in [0.717, 1.165) is 16.7 Å². The molecule has 2 atom stereocenters. The van der Waals surface area contributed by atoms with E-state index < -0.39 is 6.10 Å². The minimum absolute atomic E-state index is 0.282. The van der Waals surface area contributed by atoms with E-state index in [1.165, 1.54) is 5.56 Å². The van der Waals surface area contributed by atoms with Crippen LogP contribution in [-0.2, 0) is 0 Å². The SMILES string of the molecule is Cc1cc(C)c([C@H](N)[C@@H](C)O)c(C)c1. The number of aliphatic hydroxyl groups excluding tert-OH is 1. The van der Waals surface area contributed by atoms with Gasteiger partial charge in [-0.1, -0.05) is 17.7 Å². The van der Waals surface area contributed by atoms with Crippen LogP contribution in [-0.4, -0.2) is 11.2 Å². The topological polar surface area (TPSA) is 46.2 Å². The molecule has 0 aliphatic carbocycles. The van der Waals surface area contributed by atoms with Crippen molar-refractivity contribution in [1.82, 2.24) is 0 Å². The smallest absolute Gasteiger partial charge is 0.0704 e. The fraction of sp³-hybridized carbons (Fsp3) is 0.500. The number of aryl methyl sites for hydroxylation is 3. The first kappa shape index (κ1) is 11.2. The Morgan fingerprint density at radius 1 is 1.14 bits per heavy atom. The lowest BCUT2D eigenvalue weighted by atomic mass is 9.92. The number of rotatable bonds is 2. The third-order valence-corrected chi connectivity index (χ3v) is 2.59. The van der Waals surface area contributed by atoms with Crippen molar-refractivity contribution >= 4 is 0 Å². The van der Waals surface area contributed by atoms with Gasteiger partial charge in [-0.2, -0.15) is 0 Å². The average molecular weight is 193 g/mol. The molecular weight excluding hydrogens is 174 g/mol. The molecule has 0 saturated carbocycles. The van der Waals surface area contributed by atoms with Gasteiger partial charge in [0.25, 0.3) is 0 Å². The van der Waals surface area contributed by atoms with Crippen LogP contribution in [0, 0.1) is 20.8 Å². The standard InChI is InChI=1S/C12H19NO/c1-7-5-8(2)11(9(3)6-7)12(13)10(4)14/h5-6,10,12,14H,13H2,1-4H3/t10-,12-/m1/s1. The number of hydrogen-bond donors (Lipinski definition) is 2. The lowest BCUT2D eigenvalue weighted by molar-refractivity contribution is 0.163. The summed E-state index contributed by atoms with van der Waals surface area (Å²) in [5.74, 6) is 0. The molecular formula is C12H19NO. The summed E-state index contributed by atoms with van der Waals surface area (Å²) in [4.78, 5) is 0. The normalized spacial score (nSPS) is 15.3. The Morgan fingerprint density at radius 3 is 1.93 bits per heavy atom. The van der Waals surface area contributed by atoms with Gasteiger partial charge in [-0.25, -0.2) is 0 Å². The van der Waals surface area contributed by atoms with Gasteiger partial charge in [0.05, 0.1) is 12.1 Å². The molecule has 0 spiro atoms. The minimum Gasteiger partial charge on any atom is -0.391 e. The molecule has 0 aliphatic rings. The largest absolute Gasteiger partial charge is 0.391 e. The monoisotopic (exact) mass is 193 g/mol. The number of nitrogens with two attached hydrogens (primary N) is 1. The van der Waals surface area contributed by atoms with Crippen LogP contribution in [0.1, 0.15) is 35.2 Å². The van der Waals surface area contributed by atoms with Gasteiger partial charge in [-0.15, -0.1) is 0 Å². The Labute approximate surface area is 85.8 Å². The first-order chi connectivity index (χ1) is 6.43. The van der Waals surface area contributed by atoms with Gasteiger partial charge in [0, 0.05) is 0 Å².